The van der Waals surface area contributed by atoms with E-state index in [1.165, 1.54) is 47.5 Å². The smallest absolute Gasteiger partial charge is 0.480 e. The molecule has 12 nitrogen and oxygen atoms in total. The molecule has 1 aliphatic heterocycles. The number of phosphoric ester groups is 1. The number of aryl methyl sites for hydroxylation is 1. The van der Waals surface area contributed by atoms with E-state index in [1.807, 2.05) is 19.1 Å². The van der Waals surface area contributed by atoms with Crippen molar-refractivity contribution >= 4 is 43.3 Å². The Morgan fingerprint density at radius 1 is 1.07 bits per heavy atom. The monoisotopic (exact) mass is 599 g/mol. The number of aliphatic carboxylic acids is 1. The van der Waals surface area contributed by atoms with E-state index in [-0.39, 0.29) is 24.3 Å². The van der Waals surface area contributed by atoms with E-state index in [9.17, 15) is 38.6 Å². The average molecular weight is 600 g/mol. The minimum absolute atomic E-state index is 0.0262. The highest BCUT2D eigenvalue weighted by molar-refractivity contribution is 7.46. The Hall–Kier alpha value is -4.12. The molecule has 2 amide bonds. The second-order valence-electron chi connectivity index (χ2n) is 9.78. The second-order valence-corrected chi connectivity index (χ2v) is 10.9. The normalized spacial score (nSPS) is 18.1. The van der Waals surface area contributed by atoms with Crippen molar-refractivity contribution in [3.05, 3.63) is 71.8 Å². The van der Waals surface area contributed by atoms with E-state index in [0.717, 1.165) is 12.5 Å². The summed E-state index contributed by atoms with van der Waals surface area (Å²) in [6, 6.07) is 10.5. The molecule has 2 aromatic rings. The molecule has 4 N–H and O–H groups in total. The van der Waals surface area contributed by atoms with Gasteiger partial charge in [-0.2, -0.15) is 0 Å². The lowest BCUT2D eigenvalue weighted by Crippen LogP contribution is -2.58. The van der Waals surface area contributed by atoms with Gasteiger partial charge in [0.1, 0.15) is 17.3 Å². The lowest BCUT2D eigenvalue weighted by Gasteiger charge is -2.41. The minimum atomic E-state index is -4.90. The lowest BCUT2D eigenvalue weighted by molar-refractivity contribution is -0.144. The molecule has 1 heterocycles. The van der Waals surface area contributed by atoms with Crippen LogP contribution in [0.25, 0.3) is 0 Å². The molecule has 0 aliphatic carbocycles. The molecule has 1 aliphatic rings. The number of rotatable bonds is 13. The van der Waals surface area contributed by atoms with E-state index in [2.05, 4.69) is 14.8 Å². The van der Waals surface area contributed by atoms with E-state index in [4.69, 9.17) is 0 Å². The van der Waals surface area contributed by atoms with Crippen LogP contribution in [0.2, 0.25) is 0 Å². The van der Waals surface area contributed by atoms with Crippen molar-refractivity contribution in [1.82, 2.24) is 5.32 Å². The number of carbonyl (C=O) groups is 4. The number of benzene rings is 2. The number of aliphatic imine (C=N–C) groups is 1. The zero-order chi connectivity index (χ0) is 31.2. The fourth-order valence-electron chi connectivity index (χ4n) is 5.29. The van der Waals surface area contributed by atoms with Crippen molar-refractivity contribution in [2.45, 2.75) is 51.6 Å². The van der Waals surface area contributed by atoms with Crippen molar-refractivity contribution in [2.24, 2.45) is 10.9 Å². The van der Waals surface area contributed by atoms with E-state index < -0.39 is 54.8 Å². The van der Waals surface area contributed by atoms with Gasteiger partial charge in [0.2, 0.25) is 11.8 Å². The SMILES string of the molecule is CCC(=O)C1(C(C(=O)N(CC)c2ccccc2C)C(c2ccc(OP(=O)(O)O)cc2)C(NC(C)=O)C(=O)O)C=CC=N1. The van der Waals surface area contributed by atoms with Gasteiger partial charge in [-0.3, -0.25) is 29.2 Å². The van der Waals surface area contributed by atoms with E-state index >= 15 is 0 Å². The maximum Gasteiger partial charge on any atom is 0.524 e. The van der Waals surface area contributed by atoms with Crippen LogP contribution in [0.1, 0.15) is 44.2 Å². The van der Waals surface area contributed by atoms with Crippen LogP contribution in [0.5, 0.6) is 5.75 Å². The number of phosphoric acid groups is 1. The number of hydrogen-bond donors (Lipinski definition) is 4. The number of anilines is 1. The summed E-state index contributed by atoms with van der Waals surface area (Å²) in [6.45, 7) is 6.47. The average Bonchev–Trinajstić information content (AvgIpc) is 3.41. The Kier molecular flexibility index (Phi) is 10.2. The van der Waals surface area contributed by atoms with Gasteiger partial charge in [0.25, 0.3) is 0 Å². The molecule has 42 heavy (non-hydrogen) atoms. The third-order valence-electron chi connectivity index (χ3n) is 7.05. The van der Waals surface area contributed by atoms with Crippen LogP contribution in [-0.4, -0.2) is 62.8 Å². The summed E-state index contributed by atoms with van der Waals surface area (Å²) in [5, 5.41) is 12.8. The summed E-state index contributed by atoms with van der Waals surface area (Å²) >= 11 is 0. The van der Waals surface area contributed by atoms with Crippen molar-refractivity contribution in [1.29, 1.82) is 0 Å². The molecule has 13 heteroatoms. The highest BCUT2D eigenvalue weighted by Crippen LogP contribution is 2.44. The highest BCUT2D eigenvalue weighted by atomic mass is 31.2. The van der Waals surface area contributed by atoms with Crippen molar-refractivity contribution < 1.29 is 43.2 Å². The van der Waals surface area contributed by atoms with Crippen molar-refractivity contribution in [2.75, 3.05) is 11.4 Å². The number of ketones is 1. The standard InChI is InChI=1S/C29H34N3O9P/c1-5-23(34)29(16-9-17-30-29)25(27(35)32(6-2)22-11-8-7-10-18(22)3)24(26(28(36)37)31-19(4)33)20-12-14-21(15-13-20)41-42(38,39)40/h7-17,24-26H,5-6H2,1-4H3,(H,31,33)(H,36,37)(H2,38,39,40). The first-order valence-electron chi connectivity index (χ1n) is 13.2. The molecule has 0 bridgehead atoms. The van der Waals surface area contributed by atoms with Gasteiger partial charge >= 0.3 is 13.8 Å². The number of hydrogen-bond acceptors (Lipinski definition) is 7. The van der Waals surface area contributed by atoms with Crippen LogP contribution in [0.4, 0.5) is 5.69 Å². The second kappa shape index (κ2) is 13.2. The number of Topliss-reactive ketones (excluding diaryl/α,β-unsaturated/α-hetero) is 1. The Morgan fingerprint density at radius 3 is 2.19 bits per heavy atom. The molecule has 4 unspecified atom stereocenters. The summed E-state index contributed by atoms with van der Waals surface area (Å²) in [5.74, 6) is -6.26. The van der Waals surface area contributed by atoms with Gasteiger partial charge in [-0.1, -0.05) is 37.3 Å². The fourth-order valence-corrected chi connectivity index (χ4v) is 5.69. The number of nitrogens with one attached hydrogen (secondary N) is 1. The molecular weight excluding hydrogens is 565 g/mol. The molecule has 0 saturated carbocycles. The van der Waals surface area contributed by atoms with E-state index in [1.54, 1.807) is 26.0 Å². The zero-order valence-corrected chi connectivity index (χ0v) is 24.5. The molecule has 3 rings (SSSR count). The maximum atomic E-state index is 14.8. The first-order chi connectivity index (χ1) is 19.8. The Bertz CT molecular complexity index is 1440. The quantitative estimate of drug-likeness (QED) is 0.251. The van der Waals surface area contributed by atoms with Crippen molar-refractivity contribution in [3.63, 3.8) is 0 Å². The van der Waals surface area contributed by atoms with E-state index in [0.29, 0.717) is 5.69 Å². The van der Waals surface area contributed by atoms with Crippen LogP contribution in [-0.2, 0) is 23.7 Å². The van der Waals surface area contributed by atoms with Crippen LogP contribution in [0.15, 0.2) is 65.7 Å². The summed E-state index contributed by atoms with van der Waals surface area (Å²) in [4.78, 5) is 77.8. The highest BCUT2D eigenvalue weighted by Gasteiger charge is 2.55. The van der Waals surface area contributed by atoms with Crippen LogP contribution < -0.4 is 14.7 Å². The lowest BCUT2D eigenvalue weighted by atomic mass is 9.67. The molecule has 224 valence electrons. The summed E-state index contributed by atoms with van der Waals surface area (Å²) in [7, 11) is -4.90. The maximum absolute atomic E-state index is 14.8. The van der Waals surface area contributed by atoms with Gasteiger partial charge in [0, 0.05) is 37.7 Å². The minimum Gasteiger partial charge on any atom is -0.480 e. The summed E-state index contributed by atoms with van der Waals surface area (Å²) in [5.41, 5.74) is -0.303. The molecule has 0 saturated heterocycles. The molecule has 0 spiro atoms. The van der Waals surface area contributed by atoms with Gasteiger partial charge in [-0.15, -0.1) is 0 Å². The third-order valence-corrected chi connectivity index (χ3v) is 7.50. The molecule has 2 aromatic carbocycles. The summed E-state index contributed by atoms with van der Waals surface area (Å²) < 4.78 is 16.0. The predicted octanol–water partition coefficient (Wildman–Crippen LogP) is 3.17. The first kappa shape index (κ1) is 32.4. The van der Waals surface area contributed by atoms with Crippen LogP contribution in [0, 0.1) is 12.8 Å². The molecule has 0 aromatic heterocycles. The largest absolute Gasteiger partial charge is 0.524 e. The number of carboxylic acids is 1. The Labute approximate surface area is 243 Å². The fraction of sp³-hybridized carbons (Fsp3) is 0.345. The molecule has 0 radical (unpaired) electrons. The molecule has 0 fully saturated rings. The summed E-state index contributed by atoms with van der Waals surface area (Å²) in [6.07, 6.45) is 4.33. The molecular formula is C29H34N3O9P. The number of amides is 2. The van der Waals surface area contributed by atoms with Crippen molar-refractivity contribution in [3.8, 4) is 5.75 Å². The van der Waals surface area contributed by atoms with Crippen LogP contribution in [0.3, 0.4) is 0 Å². The number of allylic oxidation sites excluding steroid dienone is 1. The Morgan fingerprint density at radius 2 is 1.71 bits per heavy atom. The topological polar surface area (TPSA) is 183 Å². The number of carboxylic acid groups (broad SMARTS) is 1. The molecule has 4 atom stereocenters. The zero-order valence-electron chi connectivity index (χ0n) is 23.6. The van der Waals surface area contributed by atoms with Gasteiger partial charge in [0.05, 0.1) is 5.92 Å². The Balaban J connectivity index is 2.36. The number of para-hydroxylation sites is 1. The predicted molar refractivity (Wildman–Crippen MR) is 155 cm³/mol. The number of nitrogens with zero attached hydrogens (tertiary/aromatic N) is 2. The van der Waals surface area contributed by atoms with Gasteiger partial charge < -0.3 is 19.8 Å². The van der Waals surface area contributed by atoms with Gasteiger partial charge in [-0.05, 0) is 55.3 Å². The van der Waals surface area contributed by atoms with Crippen LogP contribution >= 0.6 is 7.82 Å². The third kappa shape index (κ3) is 7.02. The first-order valence-corrected chi connectivity index (χ1v) is 14.8. The van der Waals surface area contributed by atoms with Gasteiger partial charge in [-0.25, -0.2) is 9.36 Å². The number of carbonyl (C=O) groups excluding carboxylic acids is 3. The van der Waals surface area contributed by atoms with Gasteiger partial charge in [0.15, 0.2) is 5.78 Å².